The Balaban J connectivity index is 1.58. The first-order valence-corrected chi connectivity index (χ1v) is 10.3. The van der Waals surface area contributed by atoms with Gasteiger partial charge in [0.05, 0.1) is 11.8 Å². The number of pyridine rings is 1. The largest absolute Gasteiger partial charge is 0.463 e. The molecule has 1 fully saturated rings. The van der Waals surface area contributed by atoms with Gasteiger partial charge in [0.1, 0.15) is 17.6 Å². The number of rotatable bonds is 3. The lowest BCUT2D eigenvalue weighted by atomic mass is 10.0. The number of hydrogen-bond acceptors (Lipinski definition) is 6. The van der Waals surface area contributed by atoms with E-state index >= 15 is 0 Å². The minimum absolute atomic E-state index is 0.0865. The first-order chi connectivity index (χ1) is 14.5. The quantitative estimate of drug-likeness (QED) is 0.780. The molecule has 0 bridgehead atoms. The van der Waals surface area contributed by atoms with Gasteiger partial charge in [-0.05, 0) is 56.4 Å². The molecule has 0 aromatic carbocycles. The number of carbonyl (C=O) groups excluding carboxylic acids is 2. The highest BCUT2D eigenvalue weighted by Crippen LogP contribution is 2.37. The predicted octanol–water partition coefficient (Wildman–Crippen LogP) is 1.88. The molecule has 1 N–H and O–H groups in total. The molecule has 156 valence electrons. The molecule has 1 aliphatic heterocycles. The Labute approximate surface area is 175 Å². The number of nitrogens with zero attached hydrogens (tertiary/aromatic N) is 4. The van der Waals surface area contributed by atoms with Crippen molar-refractivity contribution >= 4 is 17.6 Å². The van der Waals surface area contributed by atoms with E-state index < -0.39 is 11.8 Å². The Morgan fingerprint density at radius 1 is 1.20 bits per heavy atom. The van der Waals surface area contributed by atoms with E-state index in [-0.39, 0.29) is 6.04 Å². The highest BCUT2D eigenvalue weighted by molar-refractivity contribution is 6.35. The van der Waals surface area contributed by atoms with Crippen LogP contribution in [-0.2, 0) is 22.4 Å². The van der Waals surface area contributed by atoms with Crippen LogP contribution in [0.5, 0.6) is 0 Å². The van der Waals surface area contributed by atoms with Gasteiger partial charge in [0.25, 0.3) is 0 Å². The van der Waals surface area contributed by atoms with Crippen molar-refractivity contribution in [3.63, 3.8) is 0 Å². The number of aromatic nitrogens is 1. The van der Waals surface area contributed by atoms with Crippen LogP contribution in [0.15, 0.2) is 22.8 Å². The molecular formula is C22H25N5O3. The van der Waals surface area contributed by atoms with Crippen molar-refractivity contribution in [2.24, 2.45) is 0 Å². The Morgan fingerprint density at radius 3 is 2.57 bits per heavy atom. The number of nitriles is 1. The molecule has 3 heterocycles. The summed E-state index contributed by atoms with van der Waals surface area (Å²) in [5, 5.41) is 12.5. The first kappa shape index (κ1) is 20.0. The summed E-state index contributed by atoms with van der Waals surface area (Å²) in [5.41, 5.74) is 3.58. The van der Waals surface area contributed by atoms with E-state index in [1.165, 1.54) is 0 Å². The lowest BCUT2D eigenvalue weighted by Gasteiger charge is -2.36. The third-order valence-corrected chi connectivity index (χ3v) is 5.59. The maximum Gasteiger partial charge on any atom is 0.312 e. The second kappa shape index (κ2) is 8.19. The van der Waals surface area contributed by atoms with Crippen molar-refractivity contribution in [2.45, 2.75) is 39.2 Å². The summed E-state index contributed by atoms with van der Waals surface area (Å²) in [5.74, 6) is 0.260. The van der Waals surface area contributed by atoms with Crippen LogP contribution in [0.2, 0.25) is 0 Å². The SMILES string of the molecule is CC(C)NC(=O)C(=O)N1CCN(c2nc(-c3ccco3)c3c(c2C#N)CCC3)CC1. The van der Waals surface area contributed by atoms with E-state index in [0.29, 0.717) is 43.3 Å². The van der Waals surface area contributed by atoms with E-state index in [1.807, 2.05) is 30.9 Å². The van der Waals surface area contributed by atoms with Gasteiger partial charge in [0.2, 0.25) is 0 Å². The fraction of sp³-hybridized carbons (Fsp3) is 0.455. The van der Waals surface area contributed by atoms with E-state index in [2.05, 4.69) is 11.4 Å². The van der Waals surface area contributed by atoms with E-state index in [9.17, 15) is 14.9 Å². The van der Waals surface area contributed by atoms with Crippen molar-refractivity contribution < 1.29 is 14.0 Å². The Morgan fingerprint density at radius 2 is 1.93 bits per heavy atom. The zero-order valence-corrected chi connectivity index (χ0v) is 17.3. The molecule has 1 saturated heterocycles. The van der Waals surface area contributed by atoms with Crippen molar-refractivity contribution in [3.05, 3.63) is 35.1 Å². The fourth-order valence-corrected chi connectivity index (χ4v) is 4.20. The molecule has 8 nitrogen and oxygen atoms in total. The maximum absolute atomic E-state index is 12.4. The van der Waals surface area contributed by atoms with Gasteiger partial charge in [-0.3, -0.25) is 9.59 Å². The summed E-state index contributed by atoms with van der Waals surface area (Å²) in [7, 11) is 0. The van der Waals surface area contributed by atoms with Gasteiger partial charge in [0.15, 0.2) is 5.76 Å². The topological polar surface area (TPSA) is 102 Å². The summed E-state index contributed by atoms with van der Waals surface area (Å²) >= 11 is 0. The molecule has 0 atom stereocenters. The highest BCUT2D eigenvalue weighted by atomic mass is 16.3. The number of anilines is 1. The van der Waals surface area contributed by atoms with Gasteiger partial charge < -0.3 is 19.5 Å². The normalized spacial score (nSPS) is 15.8. The number of carbonyl (C=O) groups is 2. The zero-order valence-electron chi connectivity index (χ0n) is 17.3. The number of hydrogen-bond donors (Lipinski definition) is 1. The molecule has 0 saturated carbocycles. The van der Waals surface area contributed by atoms with Gasteiger partial charge >= 0.3 is 11.8 Å². The van der Waals surface area contributed by atoms with Crippen molar-refractivity contribution in [3.8, 4) is 17.5 Å². The highest BCUT2D eigenvalue weighted by Gasteiger charge is 2.31. The minimum Gasteiger partial charge on any atom is -0.463 e. The van der Waals surface area contributed by atoms with Gasteiger partial charge in [0, 0.05) is 32.2 Å². The van der Waals surface area contributed by atoms with Crippen LogP contribution in [0.4, 0.5) is 5.82 Å². The standard InChI is InChI=1S/C22H25N5O3/c1-14(2)24-21(28)22(29)27-10-8-26(9-11-27)20-17(13-23)15-5-3-6-16(15)19(25-20)18-7-4-12-30-18/h4,7,12,14H,3,5-6,8-11H2,1-2H3,(H,24,28). The van der Waals surface area contributed by atoms with Crippen LogP contribution in [0.1, 0.15) is 37.0 Å². The van der Waals surface area contributed by atoms with Gasteiger partial charge in [-0.2, -0.15) is 5.26 Å². The average molecular weight is 407 g/mol. The smallest absolute Gasteiger partial charge is 0.312 e. The van der Waals surface area contributed by atoms with Crippen molar-refractivity contribution in [1.29, 1.82) is 5.26 Å². The van der Waals surface area contributed by atoms with E-state index in [1.54, 1.807) is 11.2 Å². The number of furan rings is 1. The fourth-order valence-electron chi connectivity index (χ4n) is 4.20. The molecule has 2 amide bonds. The summed E-state index contributed by atoms with van der Waals surface area (Å²) in [6.45, 7) is 5.48. The molecule has 2 aromatic rings. The molecule has 8 heteroatoms. The molecule has 0 unspecified atom stereocenters. The summed E-state index contributed by atoms with van der Waals surface area (Å²) in [6, 6.07) is 6.00. The third-order valence-electron chi connectivity index (χ3n) is 5.59. The van der Waals surface area contributed by atoms with Crippen molar-refractivity contribution in [1.82, 2.24) is 15.2 Å². The van der Waals surface area contributed by atoms with Crippen LogP contribution in [0.25, 0.3) is 11.5 Å². The lowest BCUT2D eigenvalue weighted by molar-refractivity contribution is -0.146. The Kier molecular flexibility index (Phi) is 5.44. The molecule has 0 radical (unpaired) electrons. The molecule has 30 heavy (non-hydrogen) atoms. The van der Waals surface area contributed by atoms with Crippen LogP contribution >= 0.6 is 0 Å². The number of piperazine rings is 1. The summed E-state index contributed by atoms with van der Waals surface area (Å²) < 4.78 is 5.61. The van der Waals surface area contributed by atoms with Crippen LogP contribution in [-0.4, -0.2) is 53.9 Å². The summed E-state index contributed by atoms with van der Waals surface area (Å²) in [6.07, 6.45) is 4.37. The Bertz CT molecular complexity index is 999. The minimum atomic E-state index is -0.577. The molecule has 4 rings (SSSR count). The van der Waals surface area contributed by atoms with Crippen LogP contribution < -0.4 is 10.2 Å². The van der Waals surface area contributed by atoms with E-state index in [4.69, 9.17) is 9.40 Å². The molecule has 2 aliphatic rings. The zero-order chi connectivity index (χ0) is 21.3. The van der Waals surface area contributed by atoms with Crippen LogP contribution in [0.3, 0.4) is 0 Å². The predicted molar refractivity (Wildman–Crippen MR) is 111 cm³/mol. The van der Waals surface area contributed by atoms with Gasteiger partial charge in [-0.25, -0.2) is 4.98 Å². The van der Waals surface area contributed by atoms with E-state index in [0.717, 1.165) is 36.1 Å². The molecular weight excluding hydrogens is 382 g/mol. The monoisotopic (exact) mass is 407 g/mol. The molecule has 0 spiro atoms. The second-order valence-corrected chi connectivity index (χ2v) is 7.97. The second-order valence-electron chi connectivity index (χ2n) is 7.97. The molecule has 2 aromatic heterocycles. The average Bonchev–Trinajstić information content (AvgIpc) is 3.44. The molecule has 1 aliphatic carbocycles. The maximum atomic E-state index is 12.4. The van der Waals surface area contributed by atoms with Gasteiger partial charge in [-0.15, -0.1) is 0 Å². The summed E-state index contributed by atoms with van der Waals surface area (Å²) in [4.78, 5) is 32.8. The Hall–Kier alpha value is -3.34. The van der Waals surface area contributed by atoms with Crippen molar-refractivity contribution in [2.75, 3.05) is 31.1 Å². The third kappa shape index (κ3) is 3.63. The number of fused-ring (bicyclic) bond motifs is 1. The van der Waals surface area contributed by atoms with Gasteiger partial charge in [-0.1, -0.05) is 0 Å². The number of amides is 2. The first-order valence-electron chi connectivity index (χ1n) is 10.3. The van der Waals surface area contributed by atoms with Crippen LogP contribution in [0, 0.1) is 11.3 Å². The lowest BCUT2D eigenvalue weighted by Crippen LogP contribution is -2.53. The number of nitrogens with one attached hydrogen (secondary N) is 1.